The molecule has 1 amide bonds. The van der Waals surface area contributed by atoms with Crippen molar-refractivity contribution in [1.29, 1.82) is 0 Å². The highest BCUT2D eigenvalue weighted by Crippen LogP contribution is 2.17. The Morgan fingerprint density at radius 3 is 2.70 bits per heavy atom. The monoisotopic (exact) mass is 396 g/mol. The number of carbonyl (C=O) groups excluding carboxylic acids is 1. The fraction of sp³-hybridized carbons (Fsp3) is 0.375. The number of carbonyl (C=O) groups is 2. The van der Waals surface area contributed by atoms with Crippen LogP contribution in [0.3, 0.4) is 0 Å². The van der Waals surface area contributed by atoms with Crippen LogP contribution in [0.25, 0.3) is 0 Å². The van der Waals surface area contributed by atoms with Gasteiger partial charge in [0, 0.05) is 19.8 Å². The van der Waals surface area contributed by atoms with E-state index in [2.05, 4.69) is 10.3 Å². The number of aromatic nitrogens is 3. The quantitative estimate of drug-likeness (QED) is 0.599. The van der Waals surface area contributed by atoms with Gasteiger partial charge in [-0.2, -0.15) is 0 Å². The Balaban J connectivity index is 1.77. The van der Waals surface area contributed by atoms with Crippen molar-refractivity contribution in [2.75, 3.05) is 26.5 Å². The number of hydrogen-bond acceptors (Lipinski definition) is 7. The molecule has 1 aromatic heterocycles. The van der Waals surface area contributed by atoms with Crippen molar-refractivity contribution in [3.8, 4) is 5.75 Å². The van der Waals surface area contributed by atoms with Gasteiger partial charge in [0.1, 0.15) is 12.3 Å². The lowest BCUT2D eigenvalue weighted by molar-refractivity contribution is -0.130. The molecule has 1 N–H and O–H groups in total. The largest absolute Gasteiger partial charge is 0.493 e. The van der Waals surface area contributed by atoms with Crippen LogP contribution >= 0.6 is 0 Å². The maximum Gasteiger partial charge on any atom is 0.358 e. The molecule has 0 saturated heterocycles. The first-order valence-electron chi connectivity index (χ1n) is 7.97. The number of amides is 1. The first-order chi connectivity index (χ1) is 12.7. The number of hydrogen-bond donors (Lipinski definition) is 1. The molecule has 0 aliphatic carbocycles. The van der Waals surface area contributed by atoms with Crippen LogP contribution in [0.5, 0.6) is 5.75 Å². The highest BCUT2D eigenvalue weighted by atomic mass is 32.2. The van der Waals surface area contributed by atoms with Crippen LogP contribution in [-0.4, -0.2) is 71.7 Å². The van der Waals surface area contributed by atoms with Crippen molar-refractivity contribution in [2.45, 2.75) is 17.9 Å². The second kappa shape index (κ2) is 8.62. The number of nitrogens with zero attached hydrogens (tertiary/aromatic N) is 4. The van der Waals surface area contributed by atoms with Crippen LogP contribution in [0.4, 0.5) is 0 Å². The van der Waals surface area contributed by atoms with E-state index in [1.54, 1.807) is 19.2 Å². The van der Waals surface area contributed by atoms with Crippen molar-refractivity contribution >= 4 is 21.7 Å². The number of aromatic carboxylic acids is 1. The first-order valence-corrected chi connectivity index (χ1v) is 9.86. The molecule has 0 aliphatic rings. The van der Waals surface area contributed by atoms with E-state index in [4.69, 9.17) is 9.84 Å². The average Bonchev–Trinajstić information content (AvgIpc) is 3.07. The average molecular weight is 396 g/mol. The molecule has 2 rings (SSSR count). The minimum Gasteiger partial charge on any atom is -0.493 e. The van der Waals surface area contributed by atoms with Gasteiger partial charge in [-0.05, 0) is 24.6 Å². The smallest absolute Gasteiger partial charge is 0.358 e. The molecule has 0 saturated carbocycles. The summed E-state index contributed by atoms with van der Waals surface area (Å²) in [6, 6.07) is 6.21. The highest BCUT2D eigenvalue weighted by Gasteiger charge is 2.13. The predicted octanol–water partition coefficient (Wildman–Crippen LogP) is 0.307. The summed E-state index contributed by atoms with van der Waals surface area (Å²) in [5, 5.41) is 15.8. The number of ether oxygens (including phenoxy) is 1. The maximum atomic E-state index is 12.1. The Bertz CT molecular complexity index is 924. The molecule has 2 aromatic rings. The van der Waals surface area contributed by atoms with Crippen molar-refractivity contribution < 1.29 is 27.9 Å². The van der Waals surface area contributed by atoms with Gasteiger partial charge in [0.2, 0.25) is 5.91 Å². The van der Waals surface area contributed by atoms with E-state index in [0.29, 0.717) is 25.3 Å². The Morgan fingerprint density at radius 2 is 2.07 bits per heavy atom. The number of carboxylic acids is 1. The summed E-state index contributed by atoms with van der Waals surface area (Å²) in [7, 11) is -1.68. The van der Waals surface area contributed by atoms with Gasteiger partial charge in [0.15, 0.2) is 15.5 Å². The topological polar surface area (TPSA) is 132 Å². The van der Waals surface area contributed by atoms with Gasteiger partial charge >= 0.3 is 5.97 Å². The highest BCUT2D eigenvalue weighted by molar-refractivity contribution is 7.90. The SMILES string of the molecule is CN(CCCOc1cccc(S(C)(=O)=O)c1)C(=O)Cn1cc(C(=O)O)nn1. The molecule has 27 heavy (non-hydrogen) atoms. The van der Waals surface area contributed by atoms with Crippen LogP contribution in [0.2, 0.25) is 0 Å². The van der Waals surface area contributed by atoms with Crippen LogP contribution < -0.4 is 4.74 Å². The van der Waals surface area contributed by atoms with Crippen molar-refractivity contribution in [1.82, 2.24) is 19.9 Å². The number of rotatable bonds is 9. The van der Waals surface area contributed by atoms with Crippen LogP contribution in [0.15, 0.2) is 35.4 Å². The van der Waals surface area contributed by atoms with Crippen LogP contribution in [-0.2, 0) is 21.2 Å². The molecule has 1 aromatic carbocycles. The normalized spacial score (nSPS) is 11.2. The summed E-state index contributed by atoms with van der Waals surface area (Å²) in [4.78, 5) is 24.5. The van der Waals surface area contributed by atoms with Crippen molar-refractivity contribution in [2.24, 2.45) is 0 Å². The van der Waals surface area contributed by atoms with E-state index in [0.717, 1.165) is 10.9 Å². The second-order valence-corrected chi connectivity index (χ2v) is 7.89. The fourth-order valence-corrected chi connectivity index (χ4v) is 2.80. The minimum atomic E-state index is -3.30. The third-order valence-electron chi connectivity index (χ3n) is 3.62. The summed E-state index contributed by atoms with van der Waals surface area (Å²) in [6.07, 6.45) is 2.84. The molecule has 0 fully saturated rings. The summed E-state index contributed by atoms with van der Waals surface area (Å²) in [5.41, 5.74) is -0.227. The van der Waals surface area contributed by atoms with Gasteiger partial charge in [0.05, 0.1) is 17.7 Å². The van der Waals surface area contributed by atoms with Crippen molar-refractivity contribution in [3.63, 3.8) is 0 Å². The molecule has 0 radical (unpaired) electrons. The number of likely N-dealkylation sites (N-methyl/N-ethyl adjacent to an activating group) is 1. The Hall–Kier alpha value is -2.95. The molecule has 0 unspecified atom stereocenters. The molecule has 0 spiro atoms. The Labute approximate surface area is 156 Å². The van der Waals surface area contributed by atoms with E-state index in [-0.39, 0.29) is 23.0 Å². The van der Waals surface area contributed by atoms with Crippen LogP contribution in [0, 0.1) is 0 Å². The zero-order chi connectivity index (χ0) is 20.0. The van der Waals surface area contributed by atoms with Gasteiger partial charge in [0.25, 0.3) is 0 Å². The Kier molecular flexibility index (Phi) is 6.50. The minimum absolute atomic E-state index is 0.117. The number of carboxylic acid groups (broad SMARTS) is 1. The van der Waals surface area contributed by atoms with E-state index in [1.807, 2.05) is 0 Å². The summed E-state index contributed by atoms with van der Waals surface area (Å²) < 4.78 is 29.7. The first kappa shape index (κ1) is 20.4. The third kappa shape index (κ3) is 6.06. The van der Waals surface area contributed by atoms with Crippen molar-refractivity contribution in [3.05, 3.63) is 36.2 Å². The summed E-state index contributed by atoms with van der Waals surface area (Å²) in [6.45, 7) is 0.594. The molecule has 0 bridgehead atoms. The van der Waals surface area contributed by atoms with Gasteiger partial charge < -0.3 is 14.7 Å². The molecule has 146 valence electrons. The van der Waals surface area contributed by atoms with E-state index < -0.39 is 15.8 Å². The van der Waals surface area contributed by atoms with E-state index in [1.165, 1.54) is 23.2 Å². The molecule has 0 atom stereocenters. The predicted molar refractivity (Wildman–Crippen MR) is 94.3 cm³/mol. The third-order valence-corrected chi connectivity index (χ3v) is 4.73. The lowest BCUT2D eigenvalue weighted by Gasteiger charge is -2.17. The molecule has 10 nitrogen and oxygen atoms in total. The maximum absolute atomic E-state index is 12.1. The number of benzene rings is 1. The van der Waals surface area contributed by atoms with Gasteiger partial charge in [-0.25, -0.2) is 17.9 Å². The zero-order valence-electron chi connectivity index (χ0n) is 14.9. The molecular formula is C16H20N4O6S. The second-order valence-electron chi connectivity index (χ2n) is 5.87. The van der Waals surface area contributed by atoms with E-state index >= 15 is 0 Å². The molecule has 0 aliphatic heterocycles. The van der Waals surface area contributed by atoms with Crippen LogP contribution in [0.1, 0.15) is 16.9 Å². The summed E-state index contributed by atoms with van der Waals surface area (Å²) in [5.74, 6) is -1.02. The van der Waals surface area contributed by atoms with E-state index in [9.17, 15) is 18.0 Å². The van der Waals surface area contributed by atoms with Gasteiger partial charge in [-0.15, -0.1) is 5.10 Å². The molecular weight excluding hydrogens is 376 g/mol. The molecule has 11 heteroatoms. The fourth-order valence-electron chi connectivity index (χ4n) is 2.14. The van der Waals surface area contributed by atoms with Gasteiger partial charge in [-0.1, -0.05) is 11.3 Å². The Morgan fingerprint density at radius 1 is 1.33 bits per heavy atom. The zero-order valence-corrected chi connectivity index (χ0v) is 15.7. The molecule has 1 heterocycles. The standard InChI is InChI=1S/C16H20N4O6S/c1-19(15(21)11-20-10-14(16(22)23)17-18-20)7-4-8-26-12-5-3-6-13(9-12)27(2,24)25/h3,5-6,9-10H,4,7-8,11H2,1-2H3,(H,22,23). The van der Waals surface area contributed by atoms with Gasteiger partial charge in [-0.3, -0.25) is 4.79 Å². The summed E-state index contributed by atoms with van der Waals surface area (Å²) >= 11 is 0. The number of sulfone groups is 1. The lowest BCUT2D eigenvalue weighted by Crippen LogP contribution is -2.32. The lowest BCUT2D eigenvalue weighted by atomic mass is 10.3.